The molecule has 7 nitrogen and oxygen atoms in total. The summed E-state index contributed by atoms with van der Waals surface area (Å²) in [5, 5.41) is 2.99. The monoisotopic (exact) mass is 417 g/mol. The Balaban J connectivity index is 1.53. The van der Waals surface area contributed by atoms with E-state index in [1.807, 2.05) is 24.0 Å². The van der Waals surface area contributed by atoms with E-state index in [0.29, 0.717) is 49.8 Å². The lowest BCUT2D eigenvalue weighted by atomic mass is 10.1. The first-order valence-electron chi connectivity index (χ1n) is 11.2. The number of benzene rings is 1. The van der Waals surface area contributed by atoms with Gasteiger partial charge in [-0.05, 0) is 57.2 Å². The zero-order valence-corrected chi connectivity index (χ0v) is 18.5. The molecule has 166 valence electrons. The molecule has 2 amide bonds. The first kappa shape index (κ1) is 22.4. The van der Waals surface area contributed by atoms with E-state index in [-0.39, 0.29) is 24.0 Å². The lowest BCUT2D eigenvalue weighted by Gasteiger charge is -2.34. The number of nitrogens with zero attached hydrogens (tertiary/aromatic N) is 2. The predicted molar refractivity (Wildman–Crippen MR) is 116 cm³/mol. The third-order valence-corrected chi connectivity index (χ3v) is 6.05. The van der Waals surface area contributed by atoms with Crippen LogP contribution in [-0.2, 0) is 4.79 Å². The number of ether oxygens (including phenoxy) is 2. The summed E-state index contributed by atoms with van der Waals surface area (Å²) in [4.78, 5) is 29.0. The smallest absolute Gasteiger partial charge is 0.254 e. The maximum Gasteiger partial charge on any atom is 0.254 e. The molecular weight excluding hydrogens is 382 g/mol. The van der Waals surface area contributed by atoms with Crippen molar-refractivity contribution >= 4 is 11.8 Å². The molecule has 0 aromatic heterocycles. The Hall–Kier alpha value is -2.28. The molecule has 1 aliphatic carbocycles. The van der Waals surface area contributed by atoms with Gasteiger partial charge in [0, 0.05) is 37.8 Å². The number of rotatable bonds is 8. The van der Waals surface area contributed by atoms with E-state index in [1.165, 1.54) is 12.8 Å². The van der Waals surface area contributed by atoms with Gasteiger partial charge in [-0.15, -0.1) is 0 Å². The van der Waals surface area contributed by atoms with Crippen molar-refractivity contribution in [3.8, 4) is 11.5 Å². The maximum atomic E-state index is 13.0. The number of methoxy groups -OCH3 is 1. The summed E-state index contributed by atoms with van der Waals surface area (Å²) in [6, 6.07) is 5.63. The molecule has 1 saturated carbocycles. The molecule has 1 aromatic carbocycles. The molecule has 0 bridgehead atoms. The van der Waals surface area contributed by atoms with Gasteiger partial charge >= 0.3 is 0 Å². The lowest BCUT2D eigenvalue weighted by molar-refractivity contribution is -0.123. The normalized spacial score (nSPS) is 18.8. The SMILES string of the molecule is CCC(C)NC(=O)CN1CCN(C(=O)c2ccc(OC3CCCC3)c(OC)c2)CC1. The summed E-state index contributed by atoms with van der Waals surface area (Å²) in [5.41, 5.74) is 0.605. The van der Waals surface area contributed by atoms with Crippen LogP contribution in [0.15, 0.2) is 18.2 Å². The van der Waals surface area contributed by atoms with Crippen molar-refractivity contribution in [3.63, 3.8) is 0 Å². The van der Waals surface area contributed by atoms with E-state index in [1.54, 1.807) is 13.2 Å². The maximum absolute atomic E-state index is 13.0. The number of carbonyl (C=O) groups is 2. The van der Waals surface area contributed by atoms with Gasteiger partial charge in [0.25, 0.3) is 5.91 Å². The minimum atomic E-state index is -0.00979. The van der Waals surface area contributed by atoms with Crippen LogP contribution in [0.25, 0.3) is 0 Å². The molecule has 0 radical (unpaired) electrons. The fourth-order valence-electron chi connectivity index (χ4n) is 4.00. The zero-order chi connectivity index (χ0) is 21.5. The first-order valence-corrected chi connectivity index (χ1v) is 11.2. The van der Waals surface area contributed by atoms with Crippen LogP contribution < -0.4 is 14.8 Å². The van der Waals surface area contributed by atoms with Gasteiger partial charge in [-0.3, -0.25) is 14.5 Å². The zero-order valence-electron chi connectivity index (χ0n) is 18.5. The van der Waals surface area contributed by atoms with Crippen LogP contribution in [0.2, 0.25) is 0 Å². The van der Waals surface area contributed by atoms with Crippen LogP contribution in [0, 0.1) is 0 Å². The molecule has 2 aliphatic rings. The second kappa shape index (κ2) is 10.7. The number of amides is 2. The molecule has 1 saturated heterocycles. The molecule has 7 heteroatoms. The van der Waals surface area contributed by atoms with E-state index in [4.69, 9.17) is 9.47 Å². The fraction of sp³-hybridized carbons (Fsp3) is 0.652. The molecule has 0 spiro atoms. The first-order chi connectivity index (χ1) is 14.5. The van der Waals surface area contributed by atoms with Crippen molar-refractivity contribution in [2.45, 2.75) is 58.1 Å². The van der Waals surface area contributed by atoms with Crippen molar-refractivity contribution in [3.05, 3.63) is 23.8 Å². The molecule has 1 N–H and O–H groups in total. The Morgan fingerprint density at radius 1 is 1.13 bits per heavy atom. The average molecular weight is 418 g/mol. The molecule has 1 aliphatic heterocycles. The van der Waals surface area contributed by atoms with E-state index >= 15 is 0 Å². The number of nitrogens with one attached hydrogen (secondary N) is 1. The van der Waals surface area contributed by atoms with E-state index in [0.717, 1.165) is 19.3 Å². The summed E-state index contributed by atoms with van der Waals surface area (Å²) in [5.74, 6) is 1.35. The topological polar surface area (TPSA) is 71.1 Å². The minimum absolute atomic E-state index is 0.00979. The molecule has 3 rings (SSSR count). The Bertz CT molecular complexity index is 725. The van der Waals surface area contributed by atoms with Crippen LogP contribution in [-0.4, -0.2) is 73.6 Å². The predicted octanol–water partition coefficient (Wildman–Crippen LogP) is 2.69. The highest BCUT2D eigenvalue weighted by molar-refractivity contribution is 5.95. The second-order valence-corrected chi connectivity index (χ2v) is 8.34. The molecular formula is C23H35N3O4. The summed E-state index contributed by atoms with van der Waals surface area (Å²) in [7, 11) is 1.61. The molecule has 1 aromatic rings. The second-order valence-electron chi connectivity index (χ2n) is 8.34. The number of hydrogen-bond donors (Lipinski definition) is 1. The molecule has 2 fully saturated rings. The van der Waals surface area contributed by atoms with E-state index < -0.39 is 0 Å². The highest BCUT2D eigenvalue weighted by Gasteiger charge is 2.25. The van der Waals surface area contributed by atoms with Crippen LogP contribution in [0.5, 0.6) is 11.5 Å². The molecule has 30 heavy (non-hydrogen) atoms. The van der Waals surface area contributed by atoms with Crippen molar-refractivity contribution < 1.29 is 19.1 Å². The third kappa shape index (κ3) is 5.88. The van der Waals surface area contributed by atoms with Gasteiger partial charge in [0.15, 0.2) is 11.5 Å². The Kier molecular flexibility index (Phi) is 7.96. The Morgan fingerprint density at radius 3 is 2.47 bits per heavy atom. The quantitative estimate of drug-likeness (QED) is 0.704. The largest absolute Gasteiger partial charge is 0.493 e. The average Bonchev–Trinajstić information content (AvgIpc) is 3.27. The fourth-order valence-corrected chi connectivity index (χ4v) is 4.00. The highest BCUT2D eigenvalue weighted by Crippen LogP contribution is 2.32. The molecule has 1 atom stereocenters. The number of hydrogen-bond acceptors (Lipinski definition) is 5. The highest BCUT2D eigenvalue weighted by atomic mass is 16.5. The Morgan fingerprint density at radius 2 is 1.83 bits per heavy atom. The van der Waals surface area contributed by atoms with Gasteiger partial charge < -0.3 is 19.7 Å². The van der Waals surface area contributed by atoms with Gasteiger partial charge in [0.05, 0.1) is 19.8 Å². The summed E-state index contributed by atoms with van der Waals surface area (Å²) in [6.07, 6.45) is 5.71. The van der Waals surface area contributed by atoms with Crippen molar-refractivity contribution in [2.24, 2.45) is 0 Å². The van der Waals surface area contributed by atoms with Crippen LogP contribution in [0.3, 0.4) is 0 Å². The van der Waals surface area contributed by atoms with Crippen molar-refractivity contribution in [1.29, 1.82) is 0 Å². The van der Waals surface area contributed by atoms with Gasteiger partial charge in [-0.1, -0.05) is 6.92 Å². The minimum Gasteiger partial charge on any atom is -0.493 e. The van der Waals surface area contributed by atoms with Gasteiger partial charge in [-0.2, -0.15) is 0 Å². The van der Waals surface area contributed by atoms with E-state index in [2.05, 4.69) is 17.1 Å². The number of carbonyl (C=O) groups excluding carboxylic acids is 2. The molecule has 1 unspecified atom stereocenters. The summed E-state index contributed by atoms with van der Waals surface area (Å²) >= 11 is 0. The van der Waals surface area contributed by atoms with Crippen LogP contribution >= 0.6 is 0 Å². The van der Waals surface area contributed by atoms with Crippen LogP contribution in [0.1, 0.15) is 56.3 Å². The van der Waals surface area contributed by atoms with Crippen molar-refractivity contribution in [2.75, 3.05) is 39.8 Å². The third-order valence-electron chi connectivity index (χ3n) is 6.05. The molecule has 1 heterocycles. The number of piperazine rings is 1. The standard InChI is InChI=1S/C23H35N3O4/c1-4-17(2)24-22(27)16-25-11-13-26(14-12-25)23(28)18-9-10-20(21(15-18)29-3)30-19-7-5-6-8-19/h9-10,15,17,19H,4-8,11-14,16H2,1-3H3,(H,24,27). The van der Waals surface area contributed by atoms with Gasteiger partial charge in [0.1, 0.15) is 0 Å². The lowest BCUT2D eigenvalue weighted by Crippen LogP contribution is -2.51. The Labute approximate surface area is 179 Å². The van der Waals surface area contributed by atoms with E-state index in [9.17, 15) is 9.59 Å². The van der Waals surface area contributed by atoms with Gasteiger partial charge in [-0.25, -0.2) is 0 Å². The van der Waals surface area contributed by atoms with Gasteiger partial charge in [0.2, 0.25) is 5.91 Å². The van der Waals surface area contributed by atoms with Crippen LogP contribution in [0.4, 0.5) is 0 Å². The van der Waals surface area contributed by atoms with Crippen molar-refractivity contribution in [1.82, 2.24) is 15.1 Å². The summed E-state index contributed by atoms with van der Waals surface area (Å²) < 4.78 is 11.6. The summed E-state index contributed by atoms with van der Waals surface area (Å²) in [6.45, 7) is 7.05.